The Kier molecular flexibility index (Phi) is 4.39. The SMILES string of the molecule is O=C(Nc1ccc(F)c(Cl)c1)c1ccc(Cn2cccn2)cc1. The number of carbonyl (C=O) groups excluding carboxylic acids is 1. The van der Waals surface area contributed by atoms with E-state index in [2.05, 4.69) is 10.4 Å². The van der Waals surface area contributed by atoms with Gasteiger partial charge in [-0.2, -0.15) is 5.10 Å². The number of anilines is 1. The van der Waals surface area contributed by atoms with Crippen molar-refractivity contribution < 1.29 is 9.18 Å². The lowest BCUT2D eigenvalue weighted by Crippen LogP contribution is -2.12. The minimum absolute atomic E-state index is 0.0302. The number of benzene rings is 2. The Morgan fingerprint density at radius 2 is 2.00 bits per heavy atom. The van der Waals surface area contributed by atoms with Gasteiger partial charge in [0.1, 0.15) is 5.82 Å². The zero-order valence-corrected chi connectivity index (χ0v) is 12.8. The number of amides is 1. The third-order valence-corrected chi connectivity index (χ3v) is 3.59. The van der Waals surface area contributed by atoms with Crippen molar-refractivity contribution in [2.45, 2.75) is 6.54 Å². The van der Waals surface area contributed by atoms with E-state index < -0.39 is 5.82 Å². The van der Waals surface area contributed by atoms with Crippen LogP contribution >= 0.6 is 11.6 Å². The van der Waals surface area contributed by atoms with Crippen molar-refractivity contribution in [2.24, 2.45) is 0 Å². The molecule has 0 aliphatic heterocycles. The summed E-state index contributed by atoms with van der Waals surface area (Å²) >= 11 is 5.70. The highest BCUT2D eigenvalue weighted by Gasteiger charge is 2.08. The van der Waals surface area contributed by atoms with Gasteiger partial charge in [0, 0.05) is 23.6 Å². The van der Waals surface area contributed by atoms with Gasteiger partial charge in [-0.05, 0) is 42.0 Å². The average molecular weight is 330 g/mol. The molecule has 0 aliphatic rings. The zero-order chi connectivity index (χ0) is 16.2. The second kappa shape index (κ2) is 6.62. The molecule has 3 aromatic rings. The lowest BCUT2D eigenvalue weighted by Gasteiger charge is -2.07. The molecule has 1 heterocycles. The summed E-state index contributed by atoms with van der Waals surface area (Å²) in [5.41, 5.74) is 1.99. The second-order valence-electron chi connectivity index (χ2n) is 4.98. The summed E-state index contributed by atoms with van der Waals surface area (Å²) in [5, 5.41) is 6.79. The van der Waals surface area contributed by atoms with E-state index in [1.165, 1.54) is 18.2 Å². The van der Waals surface area contributed by atoms with Crippen molar-refractivity contribution in [1.29, 1.82) is 0 Å². The number of rotatable bonds is 4. The van der Waals surface area contributed by atoms with Crippen LogP contribution in [0.5, 0.6) is 0 Å². The second-order valence-corrected chi connectivity index (χ2v) is 5.39. The Labute approximate surface area is 137 Å². The molecule has 4 nitrogen and oxygen atoms in total. The van der Waals surface area contributed by atoms with E-state index in [1.807, 2.05) is 24.4 Å². The Bertz CT molecular complexity index is 816. The minimum atomic E-state index is -0.521. The summed E-state index contributed by atoms with van der Waals surface area (Å²) in [5.74, 6) is -0.800. The maximum atomic E-state index is 13.1. The van der Waals surface area contributed by atoms with Crippen molar-refractivity contribution >= 4 is 23.2 Å². The summed E-state index contributed by atoms with van der Waals surface area (Å²) in [4.78, 5) is 12.2. The maximum absolute atomic E-state index is 13.1. The van der Waals surface area contributed by atoms with E-state index in [9.17, 15) is 9.18 Å². The van der Waals surface area contributed by atoms with E-state index >= 15 is 0 Å². The van der Waals surface area contributed by atoms with E-state index in [1.54, 1.807) is 23.0 Å². The molecule has 0 saturated heterocycles. The largest absolute Gasteiger partial charge is 0.322 e. The summed E-state index contributed by atoms with van der Waals surface area (Å²) in [6, 6.07) is 13.1. The molecule has 0 bridgehead atoms. The molecule has 0 spiro atoms. The van der Waals surface area contributed by atoms with Crippen molar-refractivity contribution in [3.63, 3.8) is 0 Å². The van der Waals surface area contributed by atoms with Gasteiger partial charge in [0.25, 0.3) is 5.91 Å². The van der Waals surface area contributed by atoms with Crippen molar-refractivity contribution in [2.75, 3.05) is 5.32 Å². The molecule has 0 fully saturated rings. The smallest absolute Gasteiger partial charge is 0.255 e. The summed E-state index contributed by atoms with van der Waals surface area (Å²) < 4.78 is 14.9. The van der Waals surface area contributed by atoms with E-state index in [0.717, 1.165) is 5.56 Å². The quantitative estimate of drug-likeness (QED) is 0.787. The monoisotopic (exact) mass is 329 g/mol. The summed E-state index contributed by atoms with van der Waals surface area (Å²) in [7, 11) is 0. The number of nitrogens with one attached hydrogen (secondary N) is 1. The number of hydrogen-bond acceptors (Lipinski definition) is 2. The topological polar surface area (TPSA) is 46.9 Å². The van der Waals surface area contributed by atoms with E-state index in [0.29, 0.717) is 17.8 Å². The van der Waals surface area contributed by atoms with Crippen LogP contribution in [-0.4, -0.2) is 15.7 Å². The number of halogens is 2. The van der Waals surface area contributed by atoms with Gasteiger partial charge >= 0.3 is 0 Å². The number of carbonyl (C=O) groups is 1. The van der Waals surface area contributed by atoms with Gasteiger partial charge in [-0.25, -0.2) is 4.39 Å². The average Bonchev–Trinajstić information content (AvgIpc) is 3.04. The van der Waals surface area contributed by atoms with Crippen molar-refractivity contribution in [3.8, 4) is 0 Å². The van der Waals surface area contributed by atoms with Crippen molar-refractivity contribution in [1.82, 2.24) is 9.78 Å². The van der Waals surface area contributed by atoms with Crippen LogP contribution < -0.4 is 5.32 Å². The van der Waals surface area contributed by atoms with Crippen LogP contribution in [0, 0.1) is 5.82 Å². The van der Waals surface area contributed by atoms with Crippen LogP contribution in [0.4, 0.5) is 10.1 Å². The van der Waals surface area contributed by atoms with Gasteiger partial charge in [-0.1, -0.05) is 23.7 Å². The molecule has 0 atom stereocenters. The Morgan fingerprint density at radius 1 is 1.22 bits per heavy atom. The molecule has 23 heavy (non-hydrogen) atoms. The molecule has 1 aromatic heterocycles. The molecule has 0 saturated carbocycles. The standard InChI is InChI=1S/C17H13ClFN3O/c18-15-10-14(6-7-16(15)19)21-17(23)13-4-2-12(3-5-13)11-22-9-1-8-20-22/h1-10H,11H2,(H,21,23). The third kappa shape index (κ3) is 3.76. The molecule has 0 aliphatic carbocycles. The maximum Gasteiger partial charge on any atom is 0.255 e. The first-order valence-corrected chi connectivity index (χ1v) is 7.32. The lowest BCUT2D eigenvalue weighted by molar-refractivity contribution is 0.102. The molecule has 1 amide bonds. The van der Waals surface area contributed by atoms with Gasteiger partial charge in [0.2, 0.25) is 0 Å². The normalized spacial score (nSPS) is 10.5. The Balaban J connectivity index is 1.68. The fraction of sp³-hybridized carbons (Fsp3) is 0.0588. The molecular formula is C17H13ClFN3O. The van der Waals surface area contributed by atoms with Crippen LogP contribution in [0.15, 0.2) is 60.9 Å². The Morgan fingerprint density at radius 3 is 2.65 bits per heavy atom. The van der Waals surface area contributed by atoms with Gasteiger partial charge in [0.15, 0.2) is 0 Å². The molecule has 3 rings (SSSR count). The van der Waals surface area contributed by atoms with Crippen LogP contribution in [-0.2, 0) is 6.54 Å². The molecule has 1 N–H and O–H groups in total. The molecule has 6 heteroatoms. The third-order valence-electron chi connectivity index (χ3n) is 3.30. The van der Waals surface area contributed by atoms with Gasteiger partial charge in [-0.3, -0.25) is 9.48 Å². The van der Waals surface area contributed by atoms with E-state index in [4.69, 9.17) is 11.6 Å². The predicted molar refractivity (Wildman–Crippen MR) is 87.1 cm³/mol. The van der Waals surface area contributed by atoms with Gasteiger partial charge in [0.05, 0.1) is 11.6 Å². The first-order valence-electron chi connectivity index (χ1n) is 6.94. The molecule has 116 valence electrons. The van der Waals surface area contributed by atoms with Crippen LogP contribution in [0.3, 0.4) is 0 Å². The number of aromatic nitrogens is 2. The van der Waals surface area contributed by atoms with E-state index in [-0.39, 0.29) is 10.9 Å². The zero-order valence-electron chi connectivity index (χ0n) is 12.0. The fourth-order valence-electron chi connectivity index (χ4n) is 2.12. The highest BCUT2D eigenvalue weighted by atomic mass is 35.5. The van der Waals surface area contributed by atoms with Gasteiger partial charge < -0.3 is 5.32 Å². The first-order chi connectivity index (χ1) is 11.1. The highest BCUT2D eigenvalue weighted by molar-refractivity contribution is 6.31. The summed E-state index contributed by atoms with van der Waals surface area (Å²) in [6.07, 6.45) is 3.59. The first kappa shape index (κ1) is 15.2. The van der Waals surface area contributed by atoms with Crippen LogP contribution in [0.1, 0.15) is 15.9 Å². The predicted octanol–water partition coefficient (Wildman–Crippen LogP) is 3.98. The molecule has 2 aromatic carbocycles. The molecular weight excluding hydrogens is 317 g/mol. The lowest BCUT2D eigenvalue weighted by atomic mass is 10.1. The van der Waals surface area contributed by atoms with Gasteiger partial charge in [-0.15, -0.1) is 0 Å². The molecule has 0 radical (unpaired) electrons. The Hall–Kier alpha value is -2.66. The minimum Gasteiger partial charge on any atom is -0.322 e. The fourth-order valence-corrected chi connectivity index (χ4v) is 2.30. The number of hydrogen-bond donors (Lipinski definition) is 1. The highest BCUT2D eigenvalue weighted by Crippen LogP contribution is 2.20. The van der Waals surface area contributed by atoms with Crippen molar-refractivity contribution in [3.05, 3.63) is 82.9 Å². The molecule has 0 unspecified atom stereocenters. The number of nitrogens with zero attached hydrogens (tertiary/aromatic N) is 2. The van der Waals surface area contributed by atoms with Crippen LogP contribution in [0.25, 0.3) is 0 Å². The van der Waals surface area contributed by atoms with Crippen LogP contribution in [0.2, 0.25) is 5.02 Å². The summed E-state index contributed by atoms with van der Waals surface area (Å²) in [6.45, 7) is 0.641.